The lowest BCUT2D eigenvalue weighted by Crippen LogP contribution is -2.25. The number of rotatable bonds is 5. The molecule has 2 rings (SSSR count). The highest BCUT2D eigenvalue weighted by molar-refractivity contribution is 5.97. The maximum absolute atomic E-state index is 13.3. The Kier molecular flexibility index (Phi) is 4.84. The summed E-state index contributed by atoms with van der Waals surface area (Å²) in [6.07, 6.45) is 3.26. The van der Waals surface area contributed by atoms with Crippen LogP contribution in [-0.4, -0.2) is 31.7 Å². The average molecular weight is 252 g/mol. The predicted molar refractivity (Wildman–Crippen MR) is 65.1 cm³/mol. The fourth-order valence-electron chi connectivity index (χ4n) is 1.99. The molecule has 1 aromatic carbocycles. The van der Waals surface area contributed by atoms with Gasteiger partial charge in [-0.25, -0.2) is 4.39 Å². The van der Waals surface area contributed by atoms with Crippen molar-refractivity contribution < 1.29 is 18.7 Å². The second kappa shape index (κ2) is 6.61. The van der Waals surface area contributed by atoms with Crippen LogP contribution in [0.5, 0.6) is 0 Å². The van der Waals surface area contributed by atoms with Gasteiger partial charge in [-0.3, -0.25) is 4.79 Å². The van der Waals surface area contributed by atoms with Crippen LogP contribution in [0.4, 0.5) is 4.39 Å². The lowest BCUT2D eigenvalue weighted by molar-refractivity contribution is -0.0371. The van der Waals surface area contributed by atoms with Gasteiger partial charge in [0.2, 0.25) is 0 Å². The third-order valence-electron chi connectivity index (χ3n) is 2.99. The van der Waals surface area contributed by atoms with Gasteiger partial charge in [0, 0.05) is 6.61 Å². The minimum Gasteiger partial charge on any atom is -0.376 e. The van der Waals surface area contributed by atoms with Gasteiger partial charge < -0.3 is 9.47 Å². The molecule has 4 heteroatoms. The Hall–Kier alpha value is -1.26. The minimum absolute atomic E-state index is 0.0761. The van der Waals surface area contributed by atoms with Gasteiger partial charge in [0.05, 0.1) is 18.3 Å². The maximum Gasteiger partial charge on any atom is 0.191 e. The van der Waals surface area contributed by atoms with Crippen molar-refractivity contribution in [2.24, 2.45) is 0 Å². The molecule has 0 saturated carbocycles. The molecule has 3 nitrogen and oxygen atoms in total. The predicted octanol–water partition coefficient (Wildman–Crippen LogP) is 2.59. The summed E-state index contributed by atoms with van der Waals surface area (Å²) in [5.41, 5.74) is 0.0852. The van der Waals surface area contributed by atoms with Crippen LogP contribution < -0.4 is 0 Å². The normalized spacial score (nSPS) is 19.7. The third-order valence-corrected chi connectivity index (χ3v) is 2.99. The molecule has 0 aromatic heterocycles. The second-order valence-electron chi connectivity index (χ2n) is 4.41. The highest BCUT2D eigenvalue weighted by atomic mass is 19.1. The first-order valence-corrected chi connectivity index (χ1v) is 6.24. The first-order chi connectivity index (χ1) is 8.77. The van der Waals surface area contributed by atoms with Gasteiger partial charge >= 0.3 is 0 Å². The van der Waals surface area contributed by atoms with Crippen LogP contribution in [0, 0.1) is 5.82 Å². The molecule has 0 aliphatic carbocycles. The molecule has 98 valence electrons. The van der Waals surface area contributed by atoms with E-state index < -0.39 is 5.82 Å². The van der Waals surface area contributed by atoms with Crippen LogP contribution in [0.1, 0.15) is 29.6 Å². The third kappa shape index (κ3) is 3.62. The number of hydrogen-bond donors (Lipinski definition) is 0. The molecule has 1 heterocycles. The first kappa shape index (κ1) is 13.2. The van der Waals surface area contributed by atoms with Gasteiger partial charge in [-0.1, -0.05) is 12.1 Å². The highest BCUT2D eigenvalue weighted by Crippen LogP contribution is 2.13. The maximum atomic E-state index is 13.3. The fraction of sp³-hybridized carbons (Fsp3) is 0.500. The number of ketones is 1. The summed E-state index contributed by atoms with van der Waals surface area (Å²) in [5.74, 6) is -0.830. The second-order valence-corrected chi connectivity index (χ2v) is 4.41. The van der Waals surface area contributed by atoms with Gasteiger partial charge in [0.1, 0.15) is 12.4 Å². The quantitative estimate of drug-likeness (QED) is 0.756. The van der Waals surface area contributed by atoms with Crippen molar-refractivity contribution in [2.75, 3.05) is 19.8 Å². The van der Waals surface area contributed by atoms with E-state index in [9.17, 15) is 9.18 Å². The van der Waals surface area contributed by atoms with Crippen molar-refractivity contribution in [1.29, 1.82) is 0 Å². The van der Waals surface area contributed by atoms with Crippen LogP contribution in [0.3, 0.4) is 0 Å². The van der Waals surface area contributed by atoms with Crippen molar-refractivity contribution in [3.8, 4) is 0 Å². The zero-order chi connectivity index (χ0) is 12.8. The monoisotopic (exact) mass is 252 g/mol. The Balaban J connectivity index is 1.76. The number of carbonyl (C=O) groups is 1. The van der Waals surface area contributed by atoms with Crippen molar-refractivity contribution in [3.63, 3.8) is 0 Å². The molecule has 0 bridgehead atoms. The molecule has 1 atom stereocenters. The van der Waals surface area contributed by atoms with Gasteiger partial charge in [-0.2, -0.15) is 0 Å². The number of carbonyl (C=O) groups excluding carboxylic acids is 1. The Morgan fingerprint density at radius 1 is 1.39 bits per heavy atom. The summed E-state index contributed by atoms with van der Waals surface area (Å²) in [6, 6.07) is 5.94. The largest absolute Gasteiger partial charge is 0.376 e. The molecule has 1 aromatic rings. The number of ether oxygens (including phenoxy) is 2. The van der Waals surface area contributed by atoms with E-state index in [1.54, 1.807) is 12.1 Å². The van der Waals surface area contributed by atoms with E-state index in [4.69, 9.17) is 9.47 Å². The minimum atomic E-state index is -0.500. The van der Waals surface area contributed by atoms with E-state index in [1.165, 1.54) is 12.1 Å². The SMILES string of the molecule is O=C(COCC1CCCCO1)c1ccccc1F. The first-order valence-electron chi connectivity index (χ1n) is 6.24. The smallest absolute Gasteiger partial charge is 0.191 e. The summed E-state index contributed by atoms with van der Waals surface area (Å²) in [5, 5.41) is 0. The van der Waals surface area contributed by atoms with Gasteiger partial charge in [0.15, 0.2) is 5.78 Å². The number of halogens is 1. The van der Waals surface area contributed by atoms with Gasteiger partial charge in [-0.15, -0.1) is 0 Å². The molecule has 1 fully saturated rings. The Morgan fingerprint density at radius 3 is 2.94 bits per heavy atom. The summed E-state index contributed by atoms with van der Waals surface area (Å²) >= 11 is 0. The average Bonchev–Trinajstić information content (AvgIpc) is 2.40. The topological polar surface area (TPSA) is 35.5 Å². The molecule has 0 spiro atoms. The molecule has 18 heavy (non-hydrogen) atoms. The van der Waals surface area contributed by atoms with Crippen LogP contribution in [-0.2, 0) is 9.47 Å². The van der Waals surface area contributed by atoms with Gasteiger partial charge in [-0.05, 0) is 31.4 Å². The van der Waals surface area contributed by atoms with Crippen LogP contribution in [0.25, 0.3) is 0 Å². The zero-order valence-electron chi connectivity index (χ0n) is 10.2. The van der Waals surface area contributed by atoms with Crippen molar-refractivity contribution in [1.82, 2.24) is 0 Å². The summed E-state index contributed by atoms with van der Waals surface area (Å²) in [7, 11) is 0. The lowest BCUT2D eigenvalue weighted by atomic mass is 10.1. The van der Waals surface area contributed by atoms with Crippen LogP contribution in [0.15, 0.2) is 24.3 Å². The van der Waals surface area contributed by atoms with E-state index in [2.05, 4.69) is 0 Å². The summed E-state index contributed by atoms with van der Waals surface area (Å²) in [4.78, 5) is 11.7. The molecule has 1 saturated heterocycles. The van der Waals surface area contributed by atoms with E-state index in [-0.39, 0.29) is 24.1 Å². The van der Waals surface area contributed by atoms with Crippen LogP contribution in [0.2, 0.25) is 0 Å². The number of hydrogen-bond acceptors (Lipinski definition) is 3. The molecular weight excluding hydrogens is 235 g/mol. The van der Waals surface area contributed by atoms with Crippen molar-refractivity contribution in [2.45, 2.75) is 25.4 Å². The molecule has 1 unspecified atom stereocenters. The van der Waals surface area contributed by atoms with E-state index >= 15 is 0 Å². The Labute approximate surface area is 106 Å². The molecular formula is C14H17FO3. The van der Waals surface area contributed by atoms with E-state index in [1.807, 2.05) is 0 Å². The molecule has 0 amide bonds. The standard InChI is InChI=1S/C14H17FO3/c15-13-7-2-1-6-12(13)14(16)10-17-9-11-5-3-4-8-18-11/h1-2,6-7,11H,3-5,8-10H2. The number of benzene rings is 1. The van der Waals surface area contributed by atoms with Gasteiger partial charge in [0.25, 0.3) is 0 Å². The van der Waals surface area contributed by atoms with Crippen LogP contribution >= 0.6 is 0 Å². The molecule has 1 aliphatic heterocycles. The molecule has 0 radical (unpaired) electrons. The number of Topliss-reactive ketones (excluding diaryl/α,β-unsaturated/α-hetero) is 1. The Morgan fingerprint density at radius 2 is 2.22 bits per heavy atom. The van der Waals surface area contributed by atoms with E-state index in [0.717, 1.165) is 25.9 Å². The van der Waals surface area contributed by atoms with E-state index in [0.29, 0.717) is 6.61 Å². The Bertz CT molecular complexity index is 400. The van der Waals surface area contributed by atoms with Crippen molar-refractivity contribution >= 4 is 5.78 Å². The lowest BCUT2D eigenvalue weighted by Gasteiger charge is -2.22. The fourth-order valence-corrected chi connectivity index (χ4v) is 1.99. The molecule has 1 aliphatic rings. The van der Waals surface area contributed by atoms with Crippen molar-refractivity contribution in [3.05, 3.63) is 35.6 Å². The summed E-state index contributed by atoms with van der Waals surface area (Å²) < 4.78 is 24.1. The zero-order valence-corrected chi connectivity index (χ0v) is 10.2. The molecule has 0 N–H and O–H groups in total. The highest BCUT2D eigenvalue weighted by Gasteiger charge is 2.16. The summed E-state index contributed by atoms with van der Waals surface area (Å²) in [6.45, 7) is 1.07.